The van der Waals surface area contributed by atoms with Crippen LogP contribution in [0.1, 0.15) is 26.7 Å². The summed E-state index contributed by atoms with van der Waals surface area (Å²) >= 11 is 0. The SMILES string of the molecule is CCN(CCN1CCC(N)CC1)C(C)COC. The second-order valence-corrected chi connectivity index (χ2v) is 5.11. The van der Waals surface area contributed by atoms with E-state index < -0.39 is 0 Å². The summed E-state index contributed by atoms with van der Waals surface area (Å²) in [4.78, 5) is 5.02. The minimum atomic E-state index is 0.431. The molecule has 4 nitrogen and oxygen atoms in total. The third kappa shape index (κ3) is 5.34. The molecule has 0 spiro atoms. The van der Waals surface area contributed by atoms with Gasteiger partial charge in [0, 0.05) is 32.3 Å². The molecule has 1 heterocycles. The minimum absolute atomic E-state index is 0.431. The van der Waals surface area contributed by atoms with Crippen molar-refractivity contribution >= 4 is 0 Å². The van der Waals surface area contributed by atoms with Gasteiger partial charge in [0.15, 0.2) is 0 Å². The van der Waals surface area contributed by atoms with E-state index in [0.29, 0.717) is 12.1 Å². The van der Waals surface area contributed by atoms with Crippen molar-refractivity contribution in [2.24, 2.45) is 5.73 Å². The maximum Gasteiger partial charge on any atom is 0.0615 e. The first-order valence-corrected chi connectivity index (χ1v) is 6.88. The molecule has 0 aliphatic carbocycles. The van der Waals surface area contributed by atoms with Crippen LogP contribution in [-0.4, -0.2) is 68.3 Å². The van der Waals surface area contributed by atoms with Crippen molar-refractivity contribution < 1.29 is 4.74 Å². The molecule has 0 aromatic heterocycles. The summed E-state index contributed by atoms with van der Waals surface area (Å²) in [5.41, 5.74) is 5.91. The predicted molar refractivity (Wildman–Crippen MR) is 72.2 cm³/mol. The van der Waals surface area contributed by atoms with Crippen molar-refractivity contribution in [3.63, 3.8) is 0 Å². The van der Waals surface area contributed by atoms with Crippen LogP contribution in [0.5, 0.6) is 0 Å². The van der Waals surface area contributed by atoms with Crippen LogP contribution in [0.15, 0.2) is 0 Å². The number of piperidine rings is 1. The summed E-state index contributed by atoms with van der Waals surface area (Å²) in [6.07, 6.45) is 2.31. The van der Waals surface area contributed by atoms with Crippen molar-refractivity contribution in [3.05, 3.63) is 0 Å². The van der Waals surface area contributed by atoms with Crippen LogP contribution in [-0.2, 0) is 4.74 Å². The summed E-state index contributed by atoms with van der Waals surface area (Å²) in [5.74, 6) is 0. The fraction of sp³-hybridized carbons (Fsp3) is 1.00. The molecule has 1 saturated heterocycles. The molecular formula is C13H29N3O. The van der Waals surface area contributed by atoms with Crippen LogP contribution in [0.4, 0.5) is 0 Å². The Morgan fingerprint density at radius 1 is 1.41 bits per heavy atom. The number of methoxy groups -OCH3 is 1. The van der Waals surface area contributed by atoms with Crippen LogP contribution < -0.4 is 5.73 Å². The van der Waals surface area contributed by atoms with Crippen molar-refractivity contribution in [2.45, 2.75) is 38.8 Å². The molecule has 1 unspecified atom stereocenters. The minimum Gasteiger partial charge on any atom is -0.383 e. The summed E-state index contributed by atoms with van der Waals surface area (Å²) in [7, 11) is 1.77. The molecular weight excluding hydrogens is 214 g/mol. The van der Waals surface area contributed by atoms with E-state index in [1.54, 1.807) is 7.11 Å². The zero-order valence-electron chi connectivity index (χ0n) is 11.7. The second-order valence-electron chi connectivity index (χ2n) is 5.11. The Balaban J connectivity index is 2.22. The number of likely N-dealkylation sites (tertiary alicyclic amines) is 1. The smallest absolute Gasteiger partial charge is 0.0615 e. The molecule has 0 aromatic carbocycles. The molecule has 0 aromatic rings. The summed E-state index contributed by atoms with van der Waals surface area (Å²) in [6.45, 7) is 11.0. The van der Waals surface area contributed by atoms with Gasteiger partial charge in [0.05, 0.1) is 6.61 Å². The van der Waals surface area contributed by atoms with E-state index in [9.17, 15) is 0 Å². The first-order valence-electron chi connectivity index (χ1n) is 6.88. The Hall–Kier alpha value is -0.160. The number of rotatable bonds is 7. The molecule has 1 aliphatic heterocycles. The largest absolute Gasteiger partial charge is 0.383 e. The van der Waals surface area contributed by atoms with Gasteiger partial charge in [-0.15, -0.1) is 0 Å². The van der Waals surface area contributed by atoms with Gasteiger partial charge in [-0.3, -0.25) is 4.90 Å². The number of ether oxygens (including phenoxy) is 1. The topological polar surface area (TPSA) is 41.7 Å². The average molecular weight is 243 g/mol. The first-order chi connectivity index (χ1) is 8.17. The maximum absolute atomic E-state index is 5.91. The van der Waals surface area contributed by atoms with Gasteiger partial charge in [-0.25, -0.2) is 0 Å². The summed E-state index contributed by atoms with van der Waals surface area (Å²) in [5, 5.41) is 0. The van der Waals surface area contributed by atoms with E-state index in [-0.39, 0.29) is 0 Å². The average Bonchev–Trinajstić information content (AvgIpc) is 2.32. The second kappa shape index (κ2) is 8.03. The molecule has 0 saturated carbocycles. The van der Waals surface area contributed by atoms with E-state index in [2.05, 4.69) is 23.6 Å². The van der Waals surface area contributed by atoms with E-state index in [1.807, 2.05) is 0 Å². The molecule has 1 atom stereocenters. The zero-order chi connectivity index (χ0) is 12.7. The molecule has 4 heteroatoms. The molecule has 17 heavy (non-hydrogen) atoms. The molecule has 2 N–H and O–H groups in total. The lowest BCUT2D eigenvalue weighted by Crippen LogP contribution is -2.45. The van der Waals surface area contributed by atoms with Gasteiger partial charge in [0.25, 0.3) is 0 Å². The molecule has 1 fully saturated rings. The molecule has 0 bridgehead atoms. The van der Waals surface area contributed by atoms with Crippen molar-refractivity contribution in [1.29, 1.82) is 0 Å². The number of likely N-dealkylation sites (N-methyl/N-ethyl adjacent to an activating group) is 1. The predicted octanol–water partition coefficient (Wildman–Crippen LogP) is 0.766. The lowest BCUT2D eigenvalue weighted by Gasteiger charge is -2.33. The number of nitrogens with two attached hydrogens (primary N) is 1. The summed E-state index contributed by atoms with van der Waals surface area (Å²) in [6, 6.07) is 0.943. The van der Waals surface area contributed by atoms with E-state index in [1.165, 1.54) is 0 Å². The lowest BCUT2D eigenvalue weighted by atomic mass is 10.1. The van der Waals surface area contributed by atoms with Crippen molar-refractivity contribution in [2.75, 3.05) is 46.4 Å². The lowest BCUT2D eigenvalue weighted by molar-refractivity contribution is 0.0899. The fourth-order valence-corrected chi connectivity index (χ4v) is 2.48. The Morgan fingerprint density at radius 2 is 2.06 bits per heavy atom. The van der Waals surface area contributed by atoms with Gasteiger partial charge in [-0.05, 0) is 39.4 Å². The van der Waals surface area contributed by atoms with Crippen LogP contribution in [0.2, 0.25) is 0 Å². The van der Waals surface area contributed by atoms with Crippen LogP contribution in [0.25, 0.3) is 0 Å². The molecule has 1 rings (SSSR count). The Morgan fingerprint density at radius 3 is 2.59 bits per heavy atom. The molecule has 0 radical (unpaired) electrons. The van der Waals surface area contributed by atoms with Gasteiger partial charge in [0.1, 0.15) is 0 Å². The monoisotopic (exact) mass is 243 g/mol. The first kappa shape index (κ1) is 14.9. The van der Waals surface area contributed by atoms with E-state index >= 15 is 0 Å². The highest BCUT2D eigenvalue weighted by Gasteiger charge is 2.17. The third-order valence-electron chi connectivity index (χ3n) is 3.77. The highest BCUT2D eigenvalue weighted by molar-refractivity contribution is 4.75. The quantitative estimate of drug-likeness (QED) is 0.717. The van der Waals surface area contributed by atoms with Gasteiger partial charge in [0.2, 0.25) is 0 Å². The Bertz CT molecular complexity index is 193. The fourth-order valence-electron chi connectivity index (χ4n) is 2.48. The maximum atomic E-state index is 5.91. The standard InChI is InChI=1S/C13H29N3O/c1-4-16(12(2)11-17-3)10-9-15-7-5-13(14)6-8-15/h12-13H,4-11,14H2,1-3H3. The van der Waals surface area contributed by atoms with E-state index in [4.69, 9.17) is 10.5 Å². The third-order valence-corrected chi connectivity index (χ3v) is 3.77. The van der Waals surface area contributed by atoms with Gasteiger partial charge in [-0.1, -0.05) is 6.92 Å². The van der Waals surface area contributed by atoms with E-state index in [0.717, 1.165) is 52.2 Å². The van der Waals surface area contributed by atoms with Crippen molar-refractivity contribution in [1.82, 2.24) is 9.80 Å². The number of hydrogen-bond donors (Lipinski definition) is 1. The van der Waals surface area contributed by atoms with Gasteiger partial charge >= 0.3 is 0 Å². The van der Waals surface area contributed by atoms with Crippen LogP contribution in [0.3, 0.4) is 0 Å². The van der Waals surface area contributed by atoms with Gasteiger partial charge < -0.3 is 15.4 Å². The highest BCUT2D eigenvalue weighted by atomic mass is 16.5. The Kier molecular flexibility index (Phi) is 7.04. The highest BCUT2D eigenvalue weighted by Crippen LogP contribution is 2.08. The Labute approximate surface area is 106 Å². The molecule has 102 valence electrons. The number of nitrogens with zero attached hydrogens (tertiary/aromatic N) is 2. The molecule has 1 aliphatic rings. The molecule has 0 amide bonds. The zero-order valence-corrected chi connectivity index (χ0v) is 11.7. The van der Waals surface area contributed by atoms with Crippen LogP contribution in [0, 0.1) is 0 Å². The number of hydrogen-bond acceptors (Lipinski definition) is 4. The van der Waals surface area contributed by atoms with Crippen LogP contribution >= 0.6 is 0 Å². The normalized spacial score (nSPS) is 21.0. The van der Waals surface area contributed by atoms with Crippen molar-refractivity contribution in [3.8, 4) is 0 Å². The van der Waals surface area contributed by atoms with Gasteiger partial charge in [-0.2, -0.15) is 0 Å². The summed E-state index contributed by atoms with van der Waals surface area (Å²) < 4.78 is 5.22.